The molecule has 2 rings (SSSR count). The predicted octanol–water partition coefficient (Wildman–Crippen LogP) is 3.45. The normalized spacial score (nSPS) is 11.2. The molecule has 0 aliphatic rings. The lowest BCUT2D eigenvalue weighted by molar-refractivity contribution is 0.0526. The van der Waals surface area contributed by atoms with Gasteiger partial charge >= 0.3 is 5.97 Å². The van der Waals surface area contributed by atoms with Crippen LogP contribution in [0.4, 0.5) is 5.69 Å². The third-order valence-corrected chi connectivity index (χ3v) is 4.94. The molecule has 0 fully saturated rings. The van der Waals surface area contributed by atoms with Crippen molar-refractivity contribution in [3.8, 4) is 0 Å². The predicted molar refractivity (Wildman–Crippen MR) is 99.3 cm³/mol. The lowest BCUT2D eigenvalue weighted by Crippen LogP contribution is -2.30. The highest BCUT2D eigenvalue weighted by atomic mass is 32.2. The van der Waals surface area contributed by atoms with Crippen LogP contribution in [0.5, 0.6) is 0 Å². The summed E-state index contributed by atoms with van der Waals surface area (Å²) in [6.07, 6.45) is 1.19. The van der Waals surface area contributed by atoms with E-state index in [1.807, 2.05) is 32.0 Å². The number of ether oxygens (including phenoxy) is 1. The molecule has 0 N–H and O–H groups in total. The van der Waals surface area contributed by atoms with E-state index in [1.54, 1.807) is 31.2 Å². The molecule has 0 saturated heterocycles. The van der Waals surface area contributed by atoms with Crippen molar-refractivity contribution in [1.82, 2.24) is 0 Å². The SMILES string of the molecule is CCOC(=O)c1ccc(CN(c2ccc(C)cc2C)S(C)(=O)=O)cc1. The van der Waals surface area contributed by atoms with E-state index < -0.39 is 10.0 Å². The summed E-state index contributed by atoms with van der Waals surface area (Å²) in [5.41, 5.74) is 3.87. The summed E-state index contributed by atoms with van der Waals surface area (Å²) in [6.45, 7) is 6.13. The van der Waals surface area contributed by atoms with Crippen molar-refractivity contribution < 1.29 is 17.9 Å². The minimum atomic E-state index is -3.44. The van der Waals surface area contributed by atoms with Crippen LogP contribution in [0.25, 0.3) is 0 Å². The summed E-state index contributed by atoms with van der Waals surface area (Å²) >= 11 is 0. The van der Waals surface area contributed by atoms with E-state index in [-0.39, 0.29) is 12.5 Å². The number of hydrogen-bond donors (Lipinski definition) is 0. The first kappa shape index (κ1) is 19.0. The Hall–Kier alpha value is -2.34. The van der Waals surface area contributed by atoms with Gasteiger partial charge in [-0.05, 0) is 50.1 Å². The molecule has 2 aromatic rings. The third kappa shape index (κ3) is 4.82. The van der Waals surface area contributed by atoms with E-state index in [1.165, 1.54) is 10.6 Å². The van der Waals surface area contributed by atoms with Crippen molar-refractivity contribution in [2.75, 3.05) is 17.2 Å². The number of rotatable bonds is 6. The van der Waals surface area contributed by atoms with Crippen molar-refractivity contribution >= 4 is 21.7 Å². The molecule has 0 unspecified atom stereocenters. The van der Waals surface area contributed by atoms with Crippen molar-refractivity contribution in [3.05, 3.63) is 64.7 Å². The average molecular weight is 361 g/mol. The van der Waals surface area contributed by atoms with Crippen LogP contribution in [-0.4, -0.2) is 27.2 Å². The number of nitrogens with zero attached hydrogens (tertiary/aromatic N) is 1. The smallest absolute Gasteiger partial charge is 0.338 e. The number of aryl methyl sites for hydroxylation is 2. The van der Waals surface area contributed by atoms with E-state index in [9.17, 15) is 13.2 Å². The maximum atomic E-state index is 12.3. The first-order valence-corrected chi connectivity index (χ1v) is 9.88. The van der Waals surface area contributed by atoms with Gasteiger partial charge < -0.3 is 4.74 Å². The highest BCUT2D eigenvalue weighted by molar-refractivity contribution is 7.92. The molecular weight excluding hydrogens is 338 g/mol. The van der Waals surface area contributed by atoms with Crippen LogP contribution in [0, 0.1) is 13.8 Å². The minimum Gasteiger partial charge on any atom is -0.462 e. The maximum absolute atomic E-state index is 12.3. The second-order valence-electron chi connectivity index (χ2n) is 5.98. The molecule has 6 heteroatoms. The van der Waals surface area contributed by atoms with Gasteiger partial charge in [-0.2, -0.15) is 0 Å². The second-order valence-corrected chi connectivity index (χ2v) is 7.88. The molecule has 5 nitrogen and oxygen atoms in total. The zero-order valence-electron chi connectivity index (χ0n) is 14.9. The Kier molecular flexibility index (Phi) is 5.85. The van der Waals surface area contributed by atoms with E-state index in [0.717, 1.165) is 16.7 Å². The highest BCUT2D eigenvalue weighted by Gasteiger charge is 2.20. The van der Waals surface area contributed by atoms with Crippen molar-refractivity contribution in [1.29, 1.82) is 0 Å². The molecule has 0 radical (unpaired) electrons. The number of hydrogen-bond acceptors (Lipinski definition) is 4. The van der Waals surface area contributed by atoms with Crippen LogP contribution in [0.2, 0.25) is 0 Å². The molecule has 0 saturated carbocycles. The van der Waals surface area contributed by atoms with Crippen LogP contribution in [0.1, 0.15) is 34.0 Å². The number of esters is 1. The quantitative estimate of drug-likeness (QED) is 0.739. The monoisotopic (exact) mass is 361 g/mol. The Labute approximate surface area is 149 Å². The molecular formula is C19H23NO4S. The summed E-state index contributed by atoms with van der Waals surface area (Å²) in [5.74, 6) is -0.386. The zero-order valence-corrected chi connectivity index (χ0v) is 15.8. The number of anilines is 1. The van der Waals surface area contributed by atoms with Crippen LogP contribution >= 0.6 is 0 Å². The summed E-state index contributed by atoms with van der Waals surface area (Å²) in [4.78, 5) is 11.7. The fourth-order valence-corrected chi connectivity index (χ4v) is 3.54. The van der Waals surface area contributed by atoms with Gasteiger partial charge in [0, 0.05) is 0 Å². The molecule has 0 heterocycles. The summed E-state index contributed by atoms with van der Waals surface area (Å²) < 4.78 is 30.9. The van der Waals surface area contributed by atoms with Gasteiger partial charge in [-0.15, -0.1) is 0 Å². The van der Waals surface area contributed by atoms with Gasteiger partial charge in [-0.3, -0.25) is 4.31 Å². The van der Waals surface area contributed by atoms with Gasteiger partial charge in [0.25, 0.3) is 0 Å². The summed E-state index contributed by atoms with van der Waals surface area (Å²) in [7, 11) is -3.44. The van der Waals surface area contributed by atoms with Crippen molar-refractivity contribution in [2.24, 2.45) is 0 Å². The van der Waals surface area contributed by atoms with Gasteiger partial charge in [0.15, 0.2) is 0 Å². The first-order valence-electron chi connectivity index (χ1n) is 8.03. The molecule has 0 atom stereocenters. The van der Waals surface area contributed by atoms with Crippen LogP contribution < -0.4 is 4.31 Å². The van der Waals surface area contributed by atoms with Gasteiger partial charge in [-0.25, -0.2) is 13.2 Å². The Morgan fingerprint density at radius 2 is 1.72 bits per heavy atom. The number of carbonyl (C=O) groups is 1. The number of sulfonamides is 1. The fraction of sp³-hybridized carbons (Fsp3) is 0.316. The van der Waals surface area contributed by atoms with E-state index >= 15 is 0 Å². The fourth-order valence-electron chi connectivity index (χ4n) is 2.59. The molecule has 0 aliphatic heterocycles. The standard InChI is InChI=1S/C19H23NO4S/c1-5-24-19(21)17-9-7-16(8-10-17)13-20(25(4,22)23)18-11-6-14(2)12-15(18)3/h6-12H,5,13H2,1-4H3. The zero-order chi connectivity index (χ0) is 18.6. The third-order valence-electron chi connectivity index (χ3n) is 3.81. The van der Waals surface area contributed by atoms with E-state index in [4.69, 9.17) is 4.74 Å². The molecule has 0 bridgehead atoms. The molecule has 0 spiro atoms. The molecule has 2 aromatic carbocycles. The van der Waals surface area contributed by atoms with Crippen LogP contribution in [0.3, 0.4) is 0 Å². The summed E-state index contributed by atoms with van der Waals surface area (Å²) in [5, 5.41) is 0. The minimum absolute atomic E-state index is 0.200. The first-order chi connectivity index (χ1) is 11.7. The highest BCUT2D eigenvalue weighted by Crippen LogP contribution is 2.25. The van der Waals surface area contributed by atoms with Crippen LogP contribution in [-0.2, 0) is 21.3 Å². The number of carbonyl (C=O) groups excluding carboxylic acids is 1. The van der Waals surface area contributed by atoms with Crippen molar-refractivity contribution in [3.63, 3.8) is 0 Å². The van der Waals surface area contributed by atoms with Gasteiger partial charge in [-0.1, -0.05) is 29.8 Å². The Bertz CT molecular complexity index is 857. The maximum Gasteiger partial charge on any atom is 0.338 e. The lowest BCUT2D eigenvalue weighted by Gasteiger charge is -2.24. The molecule has 0 amide bonds. The lowest BCUT2D eigenvalue weighted by atomic mass is 10.1. The largest absolute Gasteiger partial charge is 0.462 e. The van der Waals surface area contributed by atoms with E-state index in [2.05, 4.69) is 0 Å². The van der Waals surface area contributed by atoms with E-state index in [0.29, 0.717) is 17.9 Å². The van der Waals surface area contributed by atoms with Gasteiger partial charge in [0.1, 0.15) is 0 Å². The Morgan fingerprint density at radius 3 is 2.24 bits per heavy atom. The number of benzene rings is 2. The Morgan fingerprint density at radius 1 is 1.08 bits per heavy atom. The van der Waals surface area contributed by atoms with Crippen LogP contribution in [0.15, 0.2) is 42.5 Å². The van der Waals surface area contributed by atoms with Gasteiger partial charge in [0.05, 0.1) is 30.7 Å². The molecule has 0 aliphatic carbocycles. The molecule has 25 heavy (non-hydrogen) atoms. The molecule has 0 aromatic heterocycles. The van der Waals surface area contributed by atoms with Crippen molar-refractivity contribution in [2.45, 2.75) is 27.3 Å². The Balaban J connectivity index is 2.31. The summed E-state index contributed by atoms with van der Waals surface area (Å²) in [6, 6.07) is 12.5. The second kappa shape index (κ2) is 7.70. The topological polar surface area (TPSA) is 63.7 Å². The average Bonchev–Trinajstić information content (AvgIpc) is 2.53. The molecule has 134 valence electrons. The van der Waals surface area contributed by atoms with Gasteiger partial charge in [0.2, 0.25) is 10.0 Å².